The highest BCUT2D eigenvalue weighted by Crippen LogP contribution is 2.37. The van der Waals surface area contributed by atoms with E-state index in [1.807, 2.05) is 0 Å². The summed E-state index contributed by atoms with van der Waals surface area (Å²) in [6.07, 6.45) is -11.8. The van der Waals surface area contributed by atoms with E-state index < -0.39 is 30.2 Å². The van der Waals surface area contributed by atoms with Gasteiger partial charge in [-0.3, -0.25) is 5.43 Å². The fraction of sp³-hybridized carbons (Fsp3) is 0.800. The van der Waals surface area contributed by atoms with Gasteiger partial charge in [-0.2, -0.15) is 31.4 Å². The minimum Gasteiger partial charge on any atom is -0.362 e. The van der Waals surface area contributed by atoms with E-state index in [2.05, 4.69) is 5.10 Å². The van der Waals surface area contributed by atoms with Gasteiger partial charge in [-0.15, -0.1) is 0 Å². The average molecular weight is 222 g/mol. The second-order valence-electron chi connectivity index (χ2n) is 2.70. The van der Waals surface area contributed by atoms with Crippen molar-refractivity contribution in [1.29, 1.82) is 0 Å². The topological polar surface area (TPSA) is 44.6 Å². The van der Waals surface area contributed by atoms with Crippen molar-refractivity contribution in [3.63, 3.8) is 0 Å². The highest BCUT2D eigenvalue weighted by Gasteiger charge is 2.60. The lowest BCUT2D eigenvalue weighted by Gasteiger charge is -2.24. The molecule has 0 aromatic rings. The number of aliphatic hydroxyl groups is 1. The van der Waals surface area contributed by atoms with Gasteiger partial charge in [0.15, 0.2) is 0 Å². The van der Waals surface area contributed by atoms with E-state index in [0.717, 1.165) is 5.43 Å². The molecule has 9 heteroatoms. The summed E-state index contributed by atoms with van der Waals surface area (Å²) in [6, 6.07) is 0. The van der Waals surface area contributed by atoms with Crippen molar-refractivity contribution < 1.29 is 31.4 Å². The maximum atomic E-state index is 12.0. The normalized spacial score (nSPS) is 28.6. The van der Waals surface area contributed by atoms with E-state index in [1.54, 1.807) is 0 Å². The molecule has 3 nitrogen and oxygen atoms in total. The largest absolute Gasteiger partial charge is 0.438 e. The van der Waals surface area contributed by atoms with E-state index in [9.17, 15) is 26.3 Å². The molecule has 0 fully saturated rings. The molecule has 1 heterocycles. The highest BCUT2D eigenvalue weighted by atomic mass is 19.4. The first-order chi connectivity index (χ1) is 6.06. The molecule has 1 aliphatic heterocycles. The lowest BCUT2D eigenvalue weighted by Crippen LogP contribution is -2.53. The minimum atomic E-state index is -5.20. The SMILES string of the molecule is OC1(C(F)(F)F)CC(C(F)(F)F)=NN1. The van der Waals surface area contributed by atoms with Crippen molar-refractivity contribution in [3.05, 3.63) is 0 Å². The lowest BCUT2D eigenvalue weighted by atomic mass is 10.1. The third-order valence-corrected chi connectivity index (χ3v) is 1.60. The molecule has 0 radical (unpaired) electrons. The van der Waals surface area contributed by atoms with Gasteiger partial charge in [-0.05, 0) is 0 Å². The predicted molar refractivity (Wildman–Crippen MR) is 32.2 cm³/mol. The molecular weight excluding hydrogens is 218 g/mol. The Morgan fingerprint density at radius 2 is 1.71 bits per heavy atom. The van der Waals surface area contributed by atoms with Gasteiger partial charge in [-0.1, -0.05) is 0 Å². The third kappa shape index (κ3) is 1.76. The average Bonchev–Trinajstić information content (AvgIpc) is 2.29. The maximum Gasteiger partial charge on any atom is 0.438 e. The summed E-state index contributed by atoms with van der Waals surface area (Å²) in [4.78, 5) is 0. The number of nitrogens with one attached hydrogen (secondary N) is 1. The van der Waals surface area contributed by atoms with Crippen LogP contribution in [0.2, 0.25) is 0 Å². The van der Waals surface area contributed by atoms with Crippen molar-refractivity contribution in [1.82, 2.24) is 5.43 Å². The molecule has 0 saturated carbocycles. The molecule has 0 aliphatic carbocycles. The quantitative estimate of drug-likeness (QED) is 0.604. The minimum absolute atomic E-state index is 1.03. The summed E-state index contributed by atoms with van der Waals surface area (Å²) < 4.78 is 71.4. The van der Waals surface area contributed by atoms with E-state index in [1.165, 1.54) is 0 Å². The van der Waals surface area contributed by atoms with Crippen LogP contribution in [-0.4, -0.2) is 28.9 Å². The molecule has 0 aromatic heterocycles. The van der Waals surface area contributed by atoms with Crippen LogP contribution in [0.5, 0.6) is 0 Å². The van der Waals surface area contributed by atoms with Crippen molar-refractivity contribution in [2.24, 2.45) is 5.10 Å². The summed E-state index contributed by atoms with van der Waals surface area (Å²) in [5.41, 5.74) is -4.27. The smallest absolute Gasteiger partial charge is 0.362 e. The maximum absolute atomic E-state index is 12.0. The second kappa shape index (κ2) is 2.75. The molecule has 0 aromatic carbocycles. The summed E-state index contributed by atoms with van der Waals surface area (Å²) in [5.74, 6) is 0. The lowest BCUT2D eigenvalue weighted by molar-refractivity contribution is -0.266. The van der Waals surface area contributed by atoms with Gasteiger partial charge >= 0.3 is 12.4 Å². The molecule has 1 atom stereocenters. The van der Waals surface area contributed by atoms with Crippen molar-refractivity contribution in [2.45, 2.75) is 24.5 Å². The number of hydrogen-bond donors (Lipinski definition) is 2. The zero-order chi connectivity index (χ0) is 11.2. The van der Waals surface area contributed by atoms with Crippen LogP contribution in [0.3, 0.4) is 0 Å². The Balaban J connectivity index is 2.81. The number of alkyl halides is 6. The van der Waals surface area contributed by atoms with E-state index >= 15 is 0 Å². The molecule has 1 aliphatic rings. The highest BCUT2D eigenvalue weighted by molar-refractivity contribution is 5.91. The molecule has 1 unspecified atom stereocenters. The monoisotopic (exact) mass is 222 g/mol. The molecule has 0 spiro atoms. The van der Waals surface area contributed by atoms with Gasteiger partial charge < -0.3 is 5.11 Å². The van der Waals surface area contributed by atoms with E-state index in [0.29, 0.717) is 0 Å². The van der Waals surface area contributed by atoms with Gasteiger partial charge in [0.05, 0.1) is 6.42 Å². The molecule has 14 heavy (non-hydrogen) atoms. The Kier molecular flexibility index (Phi) is 2.18. The molecule has 0 saturated heterocycles. The van der Waals surface area contributed by atoms with Gasteiger partial charge in [0, 0.05) is 0 Å². The zero-order valence-corrected chi connectivity index (χ0v) is 6.37. The Morgan fingerprint density at radius 3 is 1.93 bits per heavy atom. The van der Waals surface area contributed by atoms with Crippen molar-refractivity contribution in [3.8, 4) is 0 Å². The molecule has 1 rings (SSSR count). The second-order valence-corrected chi connectivity index (χ2v) is 2.70. The van der Waals surface area contributed by atoms with Crippen LogP contribution >= 0.6 is 0 Å². The first kappa shape index (κ1) is 11.1. The molecule has 82 valence electrons. The fourth-order valence-electron chi connectivity index (χ4n) is 0.809. The van der Waals surface area contributed by atoms with Crippen LogP contribution in [0.4, 0.5) is 26.3 Å². The summed E-state index contributed by atoms with van der Waals surface area (Å²) >= 11 is 0. The Bertz CT molecular complexity index is 268. The van der Waals surface area contributed by atoms with Crippen LogP contribution < -0.4 is 5.43 Å². The summed E-state index contributed by atoms with van der Waals surface area (Å²) in [7, 11) is 0. The molecular formula is C5H4F6N2O. The Hall–Kier alpha value is -0.990. The van der Waals surface area contributed by atoms with Crippen molar-refractivity contribution >= 4 is 5.71 Å². The van der Waals surface area contributed by atoms with Crippen LogP contribution in [0, 0.1) is 0 Å². The zero-order valence-electron chi connectivity index (χ0n) is 6.37. The molecule has 0 amide bonds. The standard InChI is InChI=1S/C5H4F6N2O/c6-4(7,8)2-1-3(14,13-12-2)5(9,10)11/h13-14H,1H2. The predicted octanol–water partition coefficient (Wildman–Crippen LogP) is 1.15. The Morgan fingerprint density at radius 1 is 1.21 bits per heavy atom. The molecule has 2 N–H and O–H groups in total. The van der Waals surface area contributed by atoms with Crippen LogP contribution in [0.1, 0.15) is 6.42 Å². The number of halogens is 6. The Labute approximate surface area is 73.4 Å². The van der Waals surface area contributed by atoms with Gasteiger partial charge in [0.25, 0.3) is 5.72 Å². The number of hydrazone groups is 1. The van der Waals surface area contributed by atoms with Crippen LogP contribution in [0.25, 0.3) is 0 Å². The van der Waals surface area contributed by atoms with E-state index in [4.69, 9.17) is 5.11 Å². The van der Waals surface area contributed by atoms with Gasteiger partial charge in [-0.25, -0.2) is 0 Å². The third-order valence-electron chi connectivity index (χ3n) is 1.60. The van der Waals surface area contributed by atoms with Crippen LogP contribution in [0.15, 0.2) is 5.10 Å². The first-order valence-corrected chi connectivity index (χ1v) is 3.26. The number of hydrogen-bond acceptors (Lipinski definition) is 3. The van der Waals surface area contributed by atoms with Crippen molar-refractivity contribution in [2.75, 3.05) is 0 Å². The molecule has 0 bridgehead atoms. The first-order valence-electron chi connectivity index (χ1n) is 3.26. The van der Waals surface area contributed by atoms with E-state index in [-0.39, 0.29) is 0 Å². The number of nitrogens with zero attached hydrogens (tertiary/aromatic N) is 1. The fourth-order valence-corrected chi connectivity index (χ4v) is 0.809. The van der Waals surface area contributed by atoms with Gasteiger partial charge in [0.2, 0.25) is 0 Å². The van der Waals surface area contributed by atoms with Crippen LogP contribution in [-0.2, 0) is 0 Å². The summed E-state index contributed by atoms with van der Waals surface area (Å²) in [6.45, 7) is 0. The van der Waals surface area contributed by atoms with Gasteiger partial charge in [0.1, 0.15) is 5.71 Å². The summed E-state index contributed by atoms with van der Waals surface area (Å²) in [5, 5.41) is 11.1. The number of rotatable bonds is 0.